The minimum atomic E-state index is -0.798. The highest BCUT2D eigenvalue weighted by Gasteiger charge is 2.42. The second-order valence-corrected chi connectivity index (χ2v) is 13.4. The Morgan fingerprint density at radius 3 is 2.00 bits per heavy atom. The third-order valence-electron chi connectivity index (χ3n) is 10.8. The summed E-state index contributed by atoms with van der Waals surface area (Å²) in [6, 6.07) is 53.0. The van der Waals surface area contributed by atoms with Crippen molar-refractivity contribution < 1.29 is 9.47 Å². The van der Waals surface area contributed by atoms with Crippen molar-refractivity contribution in [2.75, 3.05) is 31.2 Å². The van der Waals surface area contributed by atoms with Gasteiger partial charge in [-0.3, -0.25) is 0 Å². The van der Waals surface area contributed by atoms with Gasteiger partial charge in [-0.1, -0.05) is 133 Å². The molecule has 1 fully saturated rings. The van der Waals surface area contributed by atoms with Crippen molar-refractivity contribution in [2.24, 2.45) is 0 Å². The zero-order valence-corrected chi connectivity index (χ0v) is 27.2. The molecule has 3 heteroatoms. The van der Waals surface area contributed by atoms with Crippen molar-refractivity contribution in [1.29, 1.82) is 0 Å². The summed E-state index contributed by atoms with van der Waals surface area (Å²) in [5.74, 6) is 1.05. The van der Waals surface area contributed by atoms with Crippen LogP contribution in [0.4, 0.5) is 5.69 Å². The van der Waals surface area contributed by atoms with Crippen LogP contribution in [-0.2, 0) is 10.3 Å². The first kappa shape index (κ1) is 28.4. The Morgan fingerprint density at radius 1 is 0.571 bits per heavy atom. The third-order valence-corrected chi connectivity index (χ3v) is 10.8. The SMILES string of the molecule is C1=CC(c2ccccc2)(c2ccc(N3CCOCC3)cc2)Oc2c1c1c(c3ccccc23)C(c2ccccc2)c2ccc3ccccc3c2-1. The van der Waals surface area contributed by atoms with E-state index in [0.717, 1.165) is 54.1 Å². The van der Waals surface area contributed by atoms with Crippen LogP contribution < -0.4 is 9.64 Å². The molecule has 2 atom stereocenters. The van der Waals surface area contributed by atoms with Crippen molar-refractivity contribution in [2.45, 2.75) is 11.5 Å². The summed E-state index contributed by atoms with van der Waals surface area (Å²) in [6.45, 7) is 3.34. The van der Waals surface area contributed by atoms with E-state index in [0.29, 0.717) is 0 Å². The maximum Gasteiger partial charge on any atom is 0.178 e. The van der Waals surface area contributed by atoms with Gasteiger partial charge in [-0.15, -0.1) is 0 Å². The minimum absolute atomic E-state index is 0.118. The van der Waals surface area contributed by atoms with Crippen LogP contribution >= 0.6 is 0 Å². The number of hydrogen-bond donors (Lipinski definition) is 0. The molecule has 3 nitrogen and oxygen atoms in total. The predicted molar refractivity (Wildman–Crippen MR) is 201 cm³/mol. The largest absolute Gasteiger partial charge is 0.472 e. The summed E-state index contributed by atoms with van der Waals surface area (Å²) >= 11 is 0. The molecule has 7 aromatic carbocycles. The number of ether oxygens (including phenoxy) is 2. The molecule has 1 saturated heterocycles. The topological polar surface area (TPSA) is 21.7 Å². The van der Waals surface area contributed by atoms with Crippen LogP contribution in [0, 0.1) is 0 Å². The molecule has 2 unspecified atom stereocenters. The molecule has 0 bridgehead atoms. The second kappa shape index (κ2) is 11.2. The van der Waals surface area contributed by atoms with E-state index in [1.165, 1.54) is 49.7 Å². The molecule has 49 heavy (non-hydrogen) atoms. The molecule has 236 valence electrons. The minimum Gasteiger partial charge on any atom is -0.472 e. The van der Waals surface area contributed by atoms with E-state index in [2.05, 4.69) is 163 Å². The molecular formula is C46H35NO2. The third kappa shape index (κ3) is 4.32. The molecular weight excluding hydrogens is 599 g/mol. The lowest BCUT2D eigenvalue weighted by Gasteiger charge is -2.38. The van der Waals surface area contributed by atoms with Crippen LogP contribution in [0.2, 0.25) is 0 Å². The van der Waals surface area contributed by atoms with Gasteiger partial charge in [0.05, 0.1) is 13.2 Å². The molecule has 2 aliphatic heterocycles. The van der Waals surface area contributed by atoms with E-state index in [9.17, 15) is 0 Å². The number of benzene rings is 7. The quantitative estimate of drug-likeness (QED) is 0.193. The normalized spacial score (nSPS) is 19.3. The van der Waals surface area contributed by atoms with Crippen LogP contribution in [0.1, 0.15) is 39.3 Å². The number of hydrogen-bond acceptors (Lipinski definition) is 3. The van der Waals surface area contributed by atoms with Crippen LogP contribution in [0.3, 0.4) is 0 Å². The summed E-state index contributed by atoms with van der Waals surface area (Å²) < 4.78 is 13.2. The van der Waals surface area contributed by atoms with Gasteiger partial charge in [0.2, 0.25) is 0 Å². The van der Waals surface area contributed by atoms with E-state index in [1.807, 2.05) is 0 Å². The fourth-order valence-corrected chi connectivity index (χ4v) is 8.55. The smallest absolute Gasteiger partial charge is 0.178 e. The molecule has 0 saturated carbocycles. The van der Waals surface area contributed by atoms with E-state index in [-0.39, 0.29) is 5.92 Å². The first-order valence-electron chi connectivity index (χ1n) is 17.3. The van der Waals surface area contributed by atoms with E-state index >= 15 is 0 Å². The van der Waals surface area contributed by atoms with Gasteiger partial charge in [-0.2, -0.15) is 0 Å². The van der Waals surface area contributed by atoms with Gasteiger partial charge in [0.15, 0.2) is 5.60 Å². The van der Waals surface area contributed by atoms with Crippen molar-refractivity contribution in [3.63, 3.8) is 0 Å². The second-order valence-electron chi connectivity index (χ2n) is 13.4. The van der Waals surface area contributed by atoms with Crippen molar-refractivity contribution in [1.82, 2.24) is 0 Å². The summed E-state index contributed by atoms with van der Waals surface area (Å²) in [5.41, 5.74) is 10.4. The highest BCUT2D eigenvalue weighted by molar-refractivity contribution is 6.11. The lowest BCUT2D eigenvalue weighted by atomic mass is 9.80. The lowest BCUT2D eigenvalue weighted by Crippen LogP contribution is -2.37. The highest BCUT2D eigenvalue weighted by atomic mass is 16.5. The van der Waals surface area contributed by atoms with Crippen LogP contribution in [-0.4, -0.2) is 26.3 Å². The Labute approximate surface area is 286 Å². The average Bonchev–Trinajstić information content (AvgIpc) is 3.55. The zero-order chi connectivity index (χ0) is 32.4. The number of morpholine rings is 1. The Hall–Kier alpha value is -5.64. The van der Waals surface area contributed by atoms with Gasteiger partial charge in [0.25, 0.3) is 0 Å². The highest BCUT2D eigenvalue weighted by Crippen LogP contribution is 2.59. The molecule has 0 amide bonds. The zero-order valence-electron chi connectivity index (χ0n) is 27.2. The van der Waals surface area contributed by atoms with Crippen LogP contribution in [0.15, 0.2) is 152 Å². The molecule has 10 rings (SSSR count). The number of anilines is 1. The first-order chi connectivity index (χ1) is 24.3. The van der Waals surface area contributed by atoms with Gasteiger partial charge in [0.1, 0.15) is 5.75 Å². The average molecular weight is 634 g/mol. The van der Waals surface area contributed by atoms with E-state index < -0.39 is 5.60 Å². The summed E-state index contributed by atoms with van der Waals surface area (Å²) in [6.07, 6.45) is 4.65. The molecule has 0 spiro atoms. The maximum atomic E-state index is 7.56. The Morgan fingerprint density at radius 2 is 1.22 bits per heavy atom. The maximum absolute atomic E-state index is 7.56. The molecule has 0 N–H and O–H groups in total. The Bertz CT molecular complexity index is 2390. The van der Waals surface area contributed by atoms with Gasteiger partial charge in [-0.05, 0) is 68.3 Å². The van der Waals surface area contributed by atoms with Gasteiger partial charge < -0.3 is 14.4 Å². The predicted octanol–water partition coefficient (Wildman–Crippen LogP) is 10.3. The fraction of sp³-hybridized carbons (Fsp3) is 0.130. The van der Waals surface area contributed by atoms with Crippen molar-refractivity contribution >= 4 is 33.3 Å². The van der Waals surface area contributed by atoms with E-state index in [1.54, 1.807) is 0 Å². The monoisotopic (exact) mass is 633 g/mol. The van der Waals surface area contributed by atoms with Gasteiger partial charge in [0, 0.05) is 46.8 Å². The molecule has 2 heterocycles. The molecule has 1 aliphatic carbocycles. The number of nitrogens with zero attached hydrogens (tertiary/aromatic N) is 1. The van der Waals surface area contributed by atoms with E-state index in [4.69, 9.17) is 9.47 Å². The molecule has 0 radical (unpaired) electrons. The summed E-state index contributed by atoms with van der Waals surface area (Å²) in [5, 5.41) is 4.92. The number of fused-ring (bicyclic) bond motifs is 10. The van der Waals surface area contributed by atoms with Gasteiger partial charge in [-0.25, -0.2) is 0 Å². The van der Waals surface area contributed by atoms with Crippen molar-refractivity contribution in [3.8, 4) is 16.9 Å². The van der Waals surface area contributed by atoms with Crippen molar-refractivity contribution in [3.05, 3.63) is 185 Å². The van der Waals surface area contributed by atoms with Gasteiger partial charge >= 0.3 is 0 Å². The number of rotatable bonds is 4. The standard InChI is InChI=1S/C46H35NO2/c1-3-12-32(13-4-1)41-39-24-19-31-11-7-8-16-36(31)42(39)44-40-25-26-46(33-14-5-2-6-15-33,49-45(40)38-18-10-9-17-37(38)43(41)44)34-20-22-35(23-21-34)47-27-29-48-30-28-47/h1-26,41H,27-30H2. The lowest BCUT2D eigenvalue weighted by molar-refractivity contribution is 0.122. The summed E-state index contributed by atoms with van der Waals surface area (Å²) in [7, 11) is 0. The first-order valence-corrected chi connectivity index (χ1v) is 17.3. The molecule has 0 aromatic heterocycles. The summed E-state index contributed by atoms with van der Waals surface area (Å²) in [4.78, 5) is 2.40. The fourth-order valence-electron chi connectivity index (χ4n) is 8.55. The molecule has 3 aliphatic rings. The molecule has 7 aromatic rings. The van der Waals surface area contributed by atoms with Crippen LogP contribution in [0.25, 0.3) is 38.7 Å². The Balaban J connectivity index is 1.24. The van der Waals surface area contributed by atoms with Crippen LogP contribution in [0.5, 0.6) is 5.75 Å². The Kier molecular flexibility index (Phi) is 6.50.